The number of hydrogen-bond donors (Lipinski definition) is 0. The average molecular weight is 368 g/mol. The summed E-state index contributed by atoms with van der Waals surface area (Å²) in [6.07, 6.45) is 0. The molecule has 0 aliphatic heterocycles. The van der Waals surface area contributed by atoms with Crippen LogP contribution in [0.2, 0.25) is 0 Å². The van der Waals surface area contributed by atoms with Crippen LogP contribution in [0.4, 0.5) is 10.1 Å². The van der Waals surface area contributed by atoms with Crippen LogP contribution in [0, 0.1) is 15.9 Å². The summed E-state index contributed by atoms with van der Waals surface area (Å²) in [6.45, 7) is 0. The van der Waals surface area contributed by atoms with Gasteiger partial charge in [0.1, 0.15) is 10.8 Å². The Bertz CT molecular complexity index is 1200. The molecule has 0 aliphatic rings. The second-order valence-electron chi connectivity index (χ2n) is 5.44. The molecule has 2 aromatic heterocycles. The molecule has 2 heterocycles. The molecule has 0 atom stereocenters. The number of halogens is 1. The standard InChI is InChI=1S/C18H9FN2O4S/c19-12-6-4-10(5-7-12)14-9-26-17(20-14)13-8-11-2-1-3-15(21(23)24)16(11)25-18(13)22/h1-9H. The molecule has 4 aromatic rings. The van der Waals surface area contributed by atoms with Crippen molar-refractivity contribution < 1.29 is 13.7 Å². The van der Waals surface area contributed by atoms with Gasteiger partial charge in [-0.15, -0.1) is 11.3 Å². The van der Waals surface area contributed by atoms with Gasteiger partial charge in [-0.2, -0.15) is 0 Å². The second-order valence-corrected chi connectivity index (χ2v) is 6.30. The molecular formula is C18H9FN2O4S. The van der Waals surface area contributed by atoms with E-state index in [0.717, 1.165) is 5.56 Å². The van der Waals surface area contributed by atoms with E-state index in [-0.39, 0.29) is 22.7 Å². The zero-order valence-electron chi connectivity index (χ0n) is 13.0. The molecule has 0 spiro atoms. The molecule has 0 aliphatic carbocycles. The van der Waals surface area contributed by atoms with Crippen LogP contribution in [-0.4, -0.2) is 9.91 Å². The van der Waals surface area contributed by atoms with Crippen molar-refractivity contribution in [2.45, 2.75) is 0 Å². The second kappa shape index (κ2) is 6.16. The molecule has 0 unspecified atom stereocenters. The van der Waals surface area contributed by atoms with E-state index in [1.165, 1.54) is 41.7 Å². The lowest BCUT2D eigenvalue weighted by atomic mass is 10.1. The maximum atomic E-state index is 13.0. The van der Waals surface area contributed by atoms with Crippen molar-refractivity contribution in [1.82, 2.24) is 4.98 Å². The Morgan fingerprint density at radius 1 is 1.15 bits per heavy atom. The molecule has 0 saturated heterocycles. The Kier molecular flexibility index (Phi) is 3.81. The summed E-state index contributed by atoms with van der Waals surface area (Å²) in [5.74, 6) is -0.346. The first-order valence-electron chi connectivity index (χ1n) is 7.46. The molecule has 8 heteroatoms. The number of nitro benzene ring substituents is 1. The van der Waals surface area contributed by atoms with Crippen LogP contribution in [0.1, 0.15) is 0 Å². The molecule has 0 saturated carbocycles. The normalized spacial score (nSPS) is 11.0. The van der Waals surface area contributed by atoms with Crippen molar-refractivity contribution in [2.75, 3.05) is 0 Å². The van der Waals surface area contributed by atoms with E-state index in [9.17, 15) is 19.3 Å². The average Bonchev–Trinajstić information content (AvgIpc) is 3.11. The smallest absolute Gasteiger partial charge is 0.346 e. The van der Waals surface area contributed by atoms with Gasteiger partial charge < -0.3 is 4.42 Å². The molecule has 0 amide bonds. The van der Waals surface area contributed by atoms with E-state index in [2.05, 4.69) is 4.98 Å². The number of non-ortho nitro benzene ring substituents is 1. The summed E-state index contributed by atoms with van der Waals surface area (Å²) >= 11 is 1.24. The van der Waals surface area contributed by atoms with E-state index >= 15 is 0 Å². The highest BCUT2D eigenvalue weighted by Gasteiger charge is 2.18. The Hall–Kier alpha value is -3.39. The van der Waals surface area contributed by atoms with Crippen molar-refractivity contribution in [3.8, 4) is 21.8 Å². The van der Waals surface area contributed by atoms with Gasteiger partial charge in [0.25, 0.3) is 0 Å². The van der Waals surface area contributed by atoms with Crippen LogP contribution in [-0.2, 0) is 0 Å². The number of rotatable bonds is 3. The van der Waals surface area contributed by atoms with Crippen molar-refractivity contribution in [3.05, 3.63) is 80.3 Å². The predicted octanol–water partition coefficient (Wildman–Crippen LogP) is 4.63. The lowest BCUT2D eigenvalue weighted by Gasteiger charge is -2.00. The maximum absolute atomic E-state index is 13.0. The minimum absolute atomic E-state index is 0.0680. The largest absolute Gasteiger partial charge is 0.415 e. The van der Waals surface area contributed by atoms with Crippen LogP contribution in [0.3, 0.4) is 0 Å². The van der Waals surface area contributed by atoms with Gasteiger partial charge >= 0.3 is 11.3 Å². The first-order valence-corrected chi connectivity index (χ1v) is 8.34. The number of nitro groups is 1. The van der Waals surface area contributed by atoms with Gasteiger partial charge in [0, 0.05) is 22.4 Å². The van der Waals surface area contributed by atoms with Crippen molar-refractivity contribution >= 4 is 28.0 Å². The number of nitrogens with zero attached hydrogens (tertiary/aromatic N) is 2. The molecule has 0 fully saturated rings. The van der Waals surface area contributed by atoms with Gasteiger partial charge in [-0.05, 0) is 30.3 Å². The molecule has 128 valence electrons. The summed E-state index contributed by atoms with van der Waals surface area (Å²) in [5.41, 5.74) is 0.500. The Morgan fingerprint density at radius 3 is 2.65 bits per heavy atom. The zero-order chi connectivity index (χ0) is 18.3. The molecule has 6 nitrogen and oxygen atoms in total. The number of benzene rings is 2. The zero-order valence-corrected chi connectivity index (χ0v) is 13.8. The van der Waals surface area contributed by atoms with E-state index in [4.69, 9.17) is 4.42 Å². The Morgan fingerprint density at radius 2 is 1.92 bits per heavy atom. The van der Waals surface area contributed by atoms with Crippen molar-refractivity contribution in [1.29, 1.82) is 0 Å². The van der Waals surface area contributed by atoms with Gasteiger partial charge in [-0.3, -0.25) is 10.1 Å². The molecule has 26 heavy (non-hydrogen) atoms. The van der Waals surface area contributed by atoms with E-state index in [1.807, 2.05) is 0 Å². The van der Waals surface area contributed by atoms with Gasteiger partial charge in [0.15, 0.2) is 0 Å². The fraction of sp³-hybridized carbons (Fsp3) is 0. The third-order valence-electron chi connectivity index (χ3n) is 3.81. The third-order valence-corrected chi connectivity index (χ3v) is 4.69. The van der Waals surface area contributed by atoms with E-state index < -0.39 is 10.5 Å². The number of thiazole rings is 1. The van der Waals surface area contributed by atoms with Crippen LogP contribution in [0.25, 0.3) is 32.8 Å². The van der Waals surface area contributed by atoms with Crippen molar-refractivity contribution in [3.63, 3.8) is 0 Å². The van der Waals surface area contributed by atoms with Gasteiger partial charge in [-0.25, -0.2) is 14.2 Å². The van der Waals surface area contributed by atoms with Gasteiger partial charge in [-0.1, -0.05) is 12.1 Å². The molecule has 2 aromatic carbocycles. The number of para-hydroxylation sites is 1. The third kappa shape index (κ3) is 2.76. The summed E-state index contributed by atoms with van der Waals surface area (Å²) in [6, 6.07) is 11.8. The highest BCUT2D eigenvalue weighted by molar-refractivity contribution is 7.13. The van der Waals surface area contributed by atoms with Crippen LogP contribution in [0.5, 0.6) is 0 Å². The van der Waals surface area contributed by atoms with Crippen LogP contribution in [0.15, 0.2) is 63.1 Å². The summed E-state index contributed by atoms with van der Waals surface area (Å²) < 4.78 is 18.2. The van der Waals surface area contributed by atoms with Gasteiger partial charge in [0.2, 0.25) is 5.58 Å². The summed E-state index contributed by atoms with van der Waals surface area (Å²) in [4.78, 5) is 27.2. The number of aromatic nitrogens is 1. The van der Waals surface area contributed by atoms with Crippen LogP contribution >= 0.6 is 11.3 Å². The van der Waals surface area contributed by atoms with Gasteiger partial charge in [0.05, 0.1) is 16.2 Å². The van der Waals surface area contributed by atoms with E-state index in [0.29, 0.717) is 16.1 Å². The molecule has 0 radical (unpaired) electrons. The van der Waals surface area contributed by atoms with E-state index in [1.54, 1.807) is 23.6 Å². The summed E-state index contributed by atoms with van der Waals surface area (Å²) in [7, 11) is 0. The Balaban J connectivity index is 1.83. The molecule has 4 rings (SSSR count). The minimum Gasteiger partial charge on any atom is -0.415 e. The number of hydrogen-bond acceptors (Lipinski definition) is 6. The molecule has 0 bridgehead atoms. The Labute approximate surface area is 149 Å². The summed E-state index contributed by atoms with van der Waals surface area (Å²) in [5, 5.41) is 13.7. The lowest BCUT2D eigenvalue weighted by Crippen LogP contribution is -2.03. The van der Waals surface area contributed by atoms with Crippen LogP contribution < -0.4 is 5.63 Å². The minimum atomic E-state index is -0.702. The highest BCUT2D eigenvalue weighted by Crippen LogP contribution is 2.31. The topological polar surface area (TPSA) is 86.2 Å². The molecule has 0 N–H and O–H groups in total. The van der Waals surface area contributed by atoms with Crippen molar-refractivity contribution in [2.24, 2.45) is 0 Å². The fourth-order valence-electron chi connectivity index (χ4n) is 2.57. The fourth-order valence-corrected chi connectivity index (χ4v) is 3.40. The first kappa shape index (κ1) is 16.1. The maximum Gasteiger partial charge on any atom is 0.346 e. The highest BCUT2D eigenvalue weighted by atomic mass is 32.1. The predicted molar refractivity (Wildman–Crippen MR) is 95.6 cm³/mol. The number of fused-ring (bicyclic) bond motifs is 1. The quantitative estimate of drug-likeness (QED) is 0.299. The SMILES string of the molecule is O=c1oc2c([N+](=O)[O-])cccc2cc1-c1nc(-c2ccc(F)cc2)cs1. The lowest BCUT2D eigenvalue weighted by molar-refractivity contribution is -0.383. The first-order chi connectivity index (χ1) is 12.5. The monoisotopic (exact) mass is 368 g/mol. The molecular weight excluding hydrogens is 359 g/mol.